The number of para-hydroxylation sites is 1. The van der Waals surface area contributed by atoms with Crippen molar-refractivity contribution in [1.29, 1.82) is 0 Å². The van der Waals surface area contributed by atoms with Crippen molar-refractivity contribution in [3.05, 3.63) is 84.4 Å². The van der Waals surface area contributed by atoms with Crippen LogP contribution in [0, 0.1) is 0 Å². The Kier molecular flexibility index (Phi) is 8.62. The van der Waals surface area contributed by atoms with E-state index in [0.717, 1.165) is 29.2 Å². The molecule has 1 atom stereocenters. The highest BCUT2D eigenvalue weighted by Gasteiger charge is 2.36. The third-order valence-electron chi connectivity index (χ3n) is 5.51. The van der Waals surface area contributed by atoms with E-state index in [1.807, 2.05) is 73.7 Å². The number of benzene rings is 3. The monoisotopic (exact) mass is 503 g/mol. The molecule has 1 saturated heterocycles. The van der Waals surface area contributed by atoms with Crippen LogP contribution in [0.5, 0.6) is 11.5 Å². The molecule has 36 heavy (non-hydrogen) atoms. The van der Waals surface area contributed by atoms with Gasteiger partial charge in [0, 0.05) is 12.1 Å². The van der Waals surface area contributed by atoms with Crippen LogP contribution in [0.3, 0.4) is 0 Å². The van der Waals surface area contributed by atoms with E-state index in [2.05, 4.69) is 5.32 Å². The van der Waals surface area contributed by atoms with Crippen molar-refractivity contribution in [3.63, 3.8) is 0 Å². The van der Waals surface area contributed by atoms with E-state index >= 15 is 0 Å². The first kappa shape index (κ1) is 25.3. The fourth-order valence-corrected chi connectivity index (χ4v) is 4.70. The fourth-order valence-electron chi connectivity index (χ4n) is 3.60. The van der Waals surface area contributed by atoms with Crippen molar-refractivity contribution in [2.75, 3.05) is 19.0 Å². The predicted octanol–water partition coefficient (Wildman–Crippen LogP) is 5.64. The lowest BCUT2D eigenvalue weighted by Gasteiger charge is -2.32. The molecule has 2 amide bonds. The highest BCUT2D eigenvalue weighted by atomic mass is 32.2. The number of carbonyl (C=O) groups is 2. The summed E-state index contributed by atoms with van der Waals surface area (Å²) in [6, 6.07) is 24.2. The van der Waals surface area contributed by atoms with Gasteiger partial charge in [-0.15, -0.1) is 0 Å². The van der Waals surface area contributed by atoms with Crippen LogP contribution in [0.1, 0.15) is 25.3 Å². The van der Waals surface area contributed by atoms with Crippen molar-refractivity contribution in [2.45, 2.75) is 31.6 Å². The minimum absolute atomic E-state index is 0.0815. The van der Waals surface area contributed by atoms with E-state index in [9.17, 15) is 9.59 Å². The molecule has 0 aromatic heterocycles. The maximum absolute atomic E-state index is 13.2. The Morgan fingerprint density at radius 3 is 2.39 bits per heavy atom. The SMILES string of the molecule is CCCOc1ccc(NC(=O)C2CC(=O)N(Cc3ccc(OC)cc3)C(=Nc3ccccc3)S2)cc1. The fraction of sp³-hybridized carbons (Fsp3) is 0.250. The summed E-state index contributed by atoms with van der Waals surface area (Å²) in [6.45, 7) is 3.04. The molecule has 0 spiro atoms. The summed E-state index contributed by atoms with van der Waals surface area (Å²) < 4.78 is 10.8. The van der Waals surface area contributed by atoms with Crippen LogP contribution >= 0.6 is 11.8 Å². The third kappa shape index (κ3) is 6.66. The number of hydrogen-bond acceptors (Lipinski definition) is 6. The van der Waals surface area contributed by atoms with Gasteiger partial charge in [0.25, 0.3) is 0 Å². The molecule has 4 rings (SSSR count). The average molecular weight is 504 g/mol. The topological polar surface area (TPSA) is 80.2 Å². The van der Waals surface area contributed by atoms with Gasteiger partial charge in [-0.1, -0.05) is 49.0 Å². The maximum atomic E-state index is 13.2. The number of nitrogens with one attached hydrogen (secondary N) is 1. The molecule has 3 aromatic rings. The highest BCUT2D eigenvalue weighted by molar-refractivity contribution is 8.15. The van der Waals surface area contributed by atoms with E-state index < -0.39 is 5.25 Å². The van der Waals surface area contributed by atoms with E-state index in [-0.39, 0.29) is 18.2 Å². The Hall–Kier alpha value is -3.78. The molecule has 0 saturated carbocycles. The lowest BCUT2D eigenvalue weighted by atomic mass is 10.2. The minimum Gasteiger partial charge on any atom is -0.497 e. The molecule has 3 aromatic carbocycles. The summed E-state index contributed by atoms with van der Waals surface area (Å²) in [5.74, 6) is 1.12. The van der Waals surface area contributed by atoms with Gasteiger partial charge in [0.15, 0.2) is 5.17 Å². The van der Waals surface area contributed by atoms with Crippen LogP contribution in [-0.4, -0.2) is 40.8 Å². The van der Waals surface area contributed by atoms with E-state index in [0.29, 0.717) is 24.0 Å². The summed E-state index contributed by atoms with van der Waals surface area (Å²) in [5.41, 5.74) is 2.31. The molecule has 1 N–H and O–H groups in total. The number of anilines is 1. The number of amidine groups is 1. The molecule has 8 heteroatoms. The van der Waals surface area contributed by atoms with Gasteiger partial charge in [-0.05, 0) is 60.5 Å². The summed E-state index contributed by atoms with van der Waals surface area (Å²) in [4.78, 5) is 32.7. The quantitative estimate of drug-likeness (QED) is 0.409. The average Bonchev–Trinajstić information content (AvgIpc) is 2.91. The smallest absolute Gasteiger partial charge is 0.238 e. The van der Waals surface area contributed by atoms with Gasteiger partial charge in [-0.2, -0.15) is 0 Å². The first-order valence-electron chi connectivity index (χ1n) is 11.8. The summed E-state index contributed by atoms with van der Waals surface area (Å²) >= 11 is 1.30. The second kappa shape index (κ2) is 12.3. The van der Waals surface area contributed by atoms with Crippen LogP contribution < -0.4 is 14.8 Å². The Bertz CT molecular complexity index is 1200. The summed E-state index contributed by atoms with van der Waals surface area (Å²) in [7, 11) is 1.62. The number of nitrogens with zero attached hydrogens (tertiary/aromatic N) is 2. The number of carbonyl (C=O) groups excluding carboxylic acids is 2. The van der Waals surface area contributed by atoms with Crippen LogP contribution in [0.15, 0.2) is 83.9 Å². The number of aliphatic imine (C=N–C) groups is 1. The van der Waals surface area contributed by atoms with Gasteiger partial charge < -0.3 is 14.8 Å². The van der Waals surface area contributed by atoms with Crippen LogP contribution in [-0.2, 0) is 16.1 Å². The second-order valence-corrected chi connectivity index (χ2v) is 9.40. The van der Waals surface area contributed by atoms with Gasteiger partial charge in [0.05, 0.1) is 25.9 Å². The second-order valence-electron chi connectivity index (χ2n) is 8.23. The molecule has 0 aliphatic carbocycles. The normalized spacial score (nSPS) is 16.6. The van der Waals surface area contributed by atoms with Crippen molar-refractivity contribution in [3.8, 4) is 11.5 Å². The Morgan fingerprint density at radius 1 is 1.03 bits per heavy atom. The molecule has 1 aliphatic rings. The van der Waals surface area contributed by atoms with E-state index in [1.165, 1.54) is 11.8 Å². The van der Waals surface area contributed by atoms with Crippen LogP contribution in [0.2, 0.25) is 0 Å². The van der Waals surface area contributed by atoms with Gasteiger partial charge in [-0.25, -0.2) is 4.99 Å². The van der Waals surface area contributed by atoms with Gasteiger partial charge in [-0.3, -0.25) is 14.5 Å². The first-order valence-corrected chi connectivity index (χ1v) is 12.7. The van der Waals surface area contributed by atoms with E-state index in [1.54, 1.807) is 24.1 Å². The van der Waals surface area contributed by atoms with Crippen molar-refractivity contribution in [1.82, 2.24) is 4.90 Å². The third-order valence-corrected chi connectivity index (χ3v) is 6.70. The number of amides is 2. The largest absolute Gasteiger partial charge is 0.497 e. The molecular formula is C28H29N3O4S. The molecule has 1 heterocycles. The number of rotatable bonds is 9. The number of ether oxygens (including phenoxy) is 2. The minimum atomic E-state index is -0.594. The summed E-state index contributed by atoms with van der Waals surface area (Å²) in [6.07, 6.45) is 1.01. The van der Waals surface area contributed by atoms with Crippen molar-refractivity contribution < 1.29 is 19.1 Å². The highest BCUT2D eigenvalue weighted by Crippen LogP contribution is 2.31. The van der Waals surface area contributed by atoms with Gasteiger partial charge in [0.2, 0.25) is 11.8 Å². The first-order chi connectivity index (χ1) is 17.6. The number of thioether (sulfide) groups is 1. The zero-order chi connectivity index (χ0) is 25.3. The van der Waals surface area contributed by atoms with Crippen molar-refractivity contribution in [2.24, 2.45) is 4.99 Å². The molecule has 0 radical (unpaired) electrons. The van der Waals surface area contributed by atoms with Gasteiger partial charge in [0.1, 0.15) is 16.7 Å². The molecular weight excluding hydrogens is 474 g/mol. The molecule has 186 valence electrons. The zero-order valence-electron chi connectivity index (χ0n) is 20.3. The lowest BCUT2D eigenvalue weighted by Crippen LogP contribution is -2.44. The molecule has 7 nitrogen and oxygen atoms in total. The summed E-state index contributed by atoms with van der Waals surface area (Å²) in [5, 5.41) is 2.82. The van der Waals surface area contributed by atoms with Gasteiger partial charge >= 0.3 is 0 Å². The van der Waals surface area contributed by atoms with Crippen molar-refractivity contribution >= 4 is 40.1 Å². The molecule has 1 fully saturated rings. The lowest BCUT2D eigenvalue weighted by molar-refractivity contribution is -0.129. The Balaban J connectivity index is 1.51. The Labute approximate surface area is 215 Å². The standard InChI is InChI=1S/C28H29N3O4S/c1-3-17-35-24-15-11-22(12-16-24)29-27(33)25-18-26(32)31(19-20-9-13-23(34-2)14-10-20)28(36-25)30-21-7-5-4-6-8-21/h4-16,25H,3,17-19H2,1-2H3,(H,29,33). The predicted molar refractivity (Wildman–Crippen MR) is 144 cm³/mol. The van der Waals surface area contributed by atoms with E-state index in [4.69, 9.17) is 14.5 Å². The Morgan fingerprint density at radius 2 is 1.72 bits per heavy atom. The molecule has 1 unspecified atom stereocenters. The maximum Gasteiger partial charge on any atom is 0.238 e. The zero-order valence-corrected chi connectivity index (χ0v) is 21.2. The number of methoxy groups -OCH3 is 1. The molecule has 0 bridgehead atoms. The number of hydrogen-bond donors (Lipinski definition) is 1. The molecule has 1 aliphatic heterocycles. The van der Waals surface area contributed by atoms with Crippen LogP contribution in [0.25, 0.3) is 0 Å². The van der Waals surface area contributed by atoms with Crippen LogP contribution in [0.4, 0.5) is 11.4 Å².